The second-order valence-corrected chi connectivity index (χ2v) is 9.27. The molecule has 2 amide bonds. The normalized spacial score (nSPS) is 11.4. The Labute approximate surface area is 225 Å². The molecule has 0 spiro atoms. The van der Waals surface area contributed by atoms with Gasteiger partial charge in [-0.15, -0.1) is 0 Å². The summed E-state index contributed by atoms with van der Waals surface area (Å²) in [5.41, 5.74) is 6.45. The number of amides is 2. The summed E-state index contributed by atoms with van der Waals surface area (Å²) in [5.74, 6) is 9.47. The Balaban J connectivity index is 1.52. The molecule has 0 radical (unpaired) electrons. The summed E-state index contributed by atoms with van der Waals surface area (Å²) in [7, 11) is 1.50. The number of pyridine rings is 2. The van der Waals surface area contributed by atoms with Gasteiger partial charge in [0.1, 0.15) is 6.04 Å². The number of carbonyl (C=O) groups excluding carboxylic acids is 2. The van der Waals surface area contributed by atoms with E-state index in [2.05, 4.69) is 27.2 Å². The van der Waals surface area contributed by atoms with Crippen LogP contribution < -0.4 is 11.3 Å². The monoisotopic (exact) mass is 521 g/mol. The number of likely N-dealkylation sites (N-methyl/N-ethyl adjacent to an activating group) is 1. The summed E-state index contributed by atoms with van der Waals surface area (Å²) in [6.45, 7) is 3.53. The highest BCUT2D eigenvalue weighted by Crippen LogP contribution is 2.24. The van der Waals surface area contributed by atoms with Crippen molar-refractivity contribution in [1.82, 2.24) is 20.3 Å². The Morgan fingerprint density at radius 1 is 0.974 bits per heavy atom. The van der Waals surface area contributed by atoms with Gasteiger partial charge in [-0.1, -0.05) is 37.8 Å². The summed E-state index contributed by atoms with van der Waals surface area (Å²) >= 11 is 0. The van der Waals surface area contributed by atoms with E-state index < -0.39 is 17.9 Å². The standard InChI is InChI=1S/C30H27N5O4/c1-18(2)27(30(38)39)35(3)29(37)22-12-8-20(9-13-22)5-4-19-6-10-21(11-7-19)26-16-23(28(36)34-31)24-17-32-15-14-25(24)33-26/h6-18,27H,31H2,1-3H3,(H,34,36)(H,38,39). The maximum absolute atomic E-state index is 12.8. The number of carbonyl (C=O) groups is 3. The first-order chi connectivity index (χ1) is 18.7. The van der Waals surface area contributed by atoms with Crippen LogP contribution in [0.1, 0.15) is 45.7 Å². The summed E-state index contributed by atoms with van der Waals surface area (Å²) in [5, 5.41) is 10.1. The Kier molecular flexibility index (Phi) is 7.98. The molecule has 4 aromatic rings. The molecule has 0 fully saturated rings. The van der Waals surface area contributed by atoms with Crippen LogP contribution in [-0.2, 0) is 4.79 Å². The molecule has 2 heterocycles. The van der Waals surface area contributed by atoms with Gasteiger partial charge in [0.05, 0.1) is 16.8 Å². The van der Waals surface area contributed by atoms with Gasteiger partial charge in [-0.3, -0.25) is 20.0 Å². The molecule has 0 bridgehead atoms. The Hall–Kier alpha value is -5.07. The number of rotatable bonds is 6. The Bertz CT molecular complexity index is 1600. The van der Waals surface area contributed by atoms with Crippen molar-refractivity contribution in [3.63, 3.8) is 0 Å². The molecule has 0 aliphatic rings. The van der Waals surface area contributed by atoms with E-state index in [0.29, 0.717) is 33.3 Å². The number of nitrogens with one attached hydrogen (secondary N) is 1. The molecule has 2 aromatic carbocycles. The fraction of sp³-hybridized carbons (Fsp3) is 0.167. The molecule has 2 aromatic heterocycles. The van der Waals surface area contributed by atoms with Gasteiger partial charge in [0.2, 0.25) is 0 Å². The van der Waals surface area contributed by atoms with E-state index >= 15 is 0 Å². The first-order valence-corrected chi connectivity index (χ1v) is 12.2. The molecular formula is C30H27N5O4. The lowest BCUT2D eigenvalue weighted by atomic mass is 10.0. The first-order valence-electron chi connectivity index (χ1n) is 12.2. The largest absolute Gasteiger partial charge is 0.480 e. The van der Waals surface area contributed by atoms with Crippen molar-refractivity contribution in [2.45, 2.75) is 19.9 Å². The predicted molar refractivity (Wildman–Crippen MR) is 147 cm³/mol. The molecule has 1 atom stereocenters. The van der Waals surface area contributed by atoms with Crippen LogP contribution in [-0.4, -0.2) is 50.8 Å². The topological polar surface area (TPSA) is 139 Å². The van der Waals surface area contributed by atoms with Crippen molar-refractivity contribution in [2.24, 2.45) is 11.8 Å². The fourth-order valence-corrected chi connectivity index (χ4v) is 4.27. The molecule has 4 rings (SSSR count). The molecule has 196 valence electrons. The molecule has 0 saturated heterocycles. The van der Waals surface area contributed by atoms with Crippen LogP contribution in [0.3, 0.4) is 0 Å². The number of nitrogens with two attached hydrogens (primary N) is 1. The number of aliphatic carboxylic acids is 1. The lowest BCUT2D eigenvalue weighted by Crippen LogP contribution is -2.45. The molecule has 9 nitrogen and oxygen atoms in total. The van der Waals surface area contributed by atoms with Crippen LogP contribution >= 0.6 is 0 Å². The van der Waals surface area contributed by atoms with Crippen LogP contribution in [0.5, 0.6) is 0 Å². The highest BCUT2D eigenvalue weighted by atomic mass is 16.4. The minimum atomic E-state index is -1.04. The average Bonchev–Trinajstić information content (AvgIpc) is 2.94. The van der Waals surface area contributed by atoms with Crippen molar-refractivity contribution in [3.8, 4) is 23.1 Å². The number of hydrogen-bond acceptors (Lipinski definition) is 6. The van der Waals surface area contributed by atoms with Crippen LogP contribution in [0.25, 0.3) is 22.2 Å². The third-order valence-electron chi connectivity index (χ3n) is 6.27. The molecule has 9 heteroatoms. The van der Waals surface area contributed by atoms with Crippen LogP contribution in [0, 0.1) is 17.8 Å². The zero-order valence-electron chi connectivity index (χ0n) is 21.7. The van der Waals surface area contributed by atoms with E-state index in [1.165, 1.54) is 11.9 Å². The van der Waals surface area contributed by atoms with Gasteiger partial charge >= 0.3 is 5.97 Å². The van der Waals surface area contributed by atoms with E-state index in [-0.39, 0.29) is 11.8 Å². The maximum Gasteiger partial charge on any atom is 0.326 e. The number of aromatic nitrogens is 2. The number of fused-ring (bicyclic) bond motifs is 1. The second kappa shape index (κ2) is 11.5. The fourth-order valence-electron chi connectivity index (χ4n) is 4.27. The minimum absolute atomic E-state index is 0.227. The summed E-state index contributed by atoms with van der Waals surface area (Å²) in [6.07, 6.45) is 3.19. The third kappa shape index (κ3) is 5.92. The smallest absolute Gasteiger partial charge is 0.326 e. The molecule has 1 unspecified atom stereocenters. The van der Waals surface area contributed by atoms with Crippen molar-refractivity contribution in [3.05, 3.63) is 95.3 Å². The number of nitrogen functional groups attached to an aromatic ring is 1. The number of nitrogens with zero attached hydrogens (tertiary/aromatic N) is 3. The van der Waals surface area contributed by atoms with E-state index in [0.717, 1.165) is 11.1 Å². The number of carboxylic acids is 1. The van der Waals surface area contributed by atoms with Crippen LogP contribution in [0.4, 0.5) is 0 Å². The quantitative estimate of drug-likeness (QED) is 0.153. The summed E-state index contributed by atoms with van der Waals surface area (Å²) in [4.78, 5) is 46.6. The first kappa shape index (κ1) is 27.0. The van der Waals surface area contributed by atoms with Crippen LogP contribution in [0.15, 0.2) is 73.1 Å². The molecule has 4 N–H and O–H groups in total. The average molecular weight is 522 g/mol. The van der Waals surface area contributed by atoms with Gasteiger partial charge in [0.15, 0.2) is 0 Å². The van der Waals surface area contributed by atoms with Gasteiger partial charge < -0.3 is 10.0 Å². The van der Waals surface area contributed by atoms with Crippen molar-refractivity contribution in [2.75, 3.05) is 7.05 Å². The highest BCUT2D eigenvalue weighted by molar-refractivity contribution is 6.06. The van der Waals surface area contributed by atoms with Gasteiger partial charge in [-0.2, -0.15) is 0 Å². The van der Waals surface area contributed by atoms with Gasteiger partial charge in [0.25, 0.3) is 11.8 Å². The molecule has 0 aliphatic heterocycles. The number of hydrogen-bond donors (Lipinski definition) is 3. The SMILES string of the molecule is CC(C)C(C(=O)O)N(C)C(=O)c1ccc(C#Cc2ccc(-c3cc(C(=O)NN)c4cnccc4n3)cc2)cc1. The second-order valence-electron chi connectivity index (χ2n) is 9.27. The minimum Gasteiger partial charge on any atom is -0.480 e. The zero-order valence-corrected chi connectivity index (χ0v) is 21.7. The number of carboxylic acid groups (broad SMARTS) is 1. The number of benzene rings is 2. The van der Waals surface area contributed by atoms with Crippen LogP contribution in [0.2, 0.25) is 0 Å². The summed E-state index contributed by atoms with van der Waals surface area (Å²) < 4.78 is 0. The van der Waals surface area contributed by atoms with E-state index in [1.807, 2.05) is 24.3 Å². The van der Waals surface area contributed by atoms with E-state index in [1.54, 1.807) is 62.6 Å². The van der Waals surface area contributed by atoms with Gasteiger partial charge in [-0.05, 0) is 54.4 Å². The van der Waals surface area contributed by atoms with Crippen molar-refractivity contribution < 1.29 is 19.5 Å². The summed E-state index contributed by atoms with van der Waals surface area (Å²) in [6, 6.07) is 16.7. The predicted octanol–water partition coefficient (Wildman–Crippen LogP) is 3.48. The molecular weight excluding hydrogens is 494 g/mol. The zero-order chi connectivity index (χ0) is 28.1. The number of hydrazine groups is 1. The highest BCUT2D eigenvalue weighted by Gasteiger charge is 2.29. The van der Waals surface area contributed by atoms with Gasteiger partial charge in [0, 0.05) is 47.1 Å². The molecule has 0 saturated carbocycles. The molecule has 39 heavy (non-hydrogen) atoms. The van der Waals surface area contributed by atoms with E-state index in [4.69, 9.17) is 5.84 Å². The Morgan fingerprint density at radius 2 is 1.59 bits per heavy atom. The third-order valence-corrected chi connectivity index (χ3v) is 6.27. The van der Waals surface area contributed by atoms with Crippen molar-refractivity contribution in [1.29, 1.82) is 0 Å². The lowest BCUT2D eigenvalue weighted by Gasteiger charge is -2.27. The maximum atomic E-state index is 12.8. The Morgan fingerprint density at radius 3 is 2.15 bits per heavy atom. The van der Waals surface area contributed by atoms with Crippen molar-refractivity contribution >= 4 is 28.7 Å². The molecule has 0 aliphatic carbocycles. The van der Waals surface area contributed by atoms with Gasteiger partial charge in [-0.25, -0.2) is 15.6 Å². The lowest BCUT2D eigenvalue weighted by molar-refractivity contribution is -0.143. The van der Waals surface area contributed by atoms with E-state index in [9.17, 15) is 19.5 Å².